The highest BCUT2D eigenvalue weighted by atomic mass is 14.7. The molecule has 3 rings (SSSR count). The van der Waals surface area contributed by atoms with Crippen molar-refractivity contribution in [1.29, 1.82) is 0 Å². The molecule has 3 aromatic rings. The fraction of sp³-hybridized carbons (Fsp3) is 0.200. The van der Waals surface area contributed by atoms with Gasteiger partial charge in [0.25, 0.3) is 0 Å². The van der Waals surface area contributed by atoms with Crippen molar-refractivity contribution in [3.8, 4) is 0 Å². The van der Waals surface area contributed by atoms with E-state index in [1.54, 1.807) is 0 Å². The fourth-order valence-corrected chi connectivity index (χ4v) is 2.89. The summed E-state index contributed by atoms with van der Waals surface area (Å²) < 4.78 is 0. The van der Waals surface area contributed by atoms with Crippen LogP contribution in [0.1, 0.15) is 35.7 Å². The molecule has 0 amide bonds. The SMILES string of the molecule is C=Cc1cc2cc(Cc3ccccc3)c(CCC)cc2[nH]1. The van der Waals surface area contributed by atoms with E-state index < -0.39 is 0 Å². The number of hydrogen-bond donors (Lipinski definition) is 1. The largest absolute Gasteiger partial charge is 0.355 e. The summed E-state index contributed by atoms with van der Waals surface area (Å²) in [6.07, 6.45) is 5.17. The van der Waals surface area contributed by atoms with E-state index in [0.717, 1.165) is 18.5 Å². The molecule has 0 spiro atoms. The van der Waals surface area contributed by atoms with Crippen molar-refractivity contribution >= 4 is 17.0 Å². The lowest BCUT2D eigenvalue weighted by atomic mass is 9.95. The third-order valence-electron chi connectivity index (χ3n) is 3.94. The van der Waals surface area contributed by atoms with Crippen molar-refractivity contribution in [2.75, 3.05) is 0 Å². The van der Waals surface area contributed by atoms with Crippen molar-refractivity contribution in [1.82, 2.24) is 4.98 Å². The molecule has 106 valence electrons. The minimum Gasteiger partial charge on any atom is -0.355 e. The first-order valence-corrected chi connectivity index (χ1v) is 7.61. The highest BCUT2D eigenvalue weighted by molar-refractivity contribution is 5.84. The van der Waals surface area contributed by atoms with E-state index in [-0.39, 0.29) is 0 Å². The van der Waals surface area contributed by atoms with Gasteiger partial charge in [0.15, 0.2) is 0 Å². The number of aryl methyl sites for hydroxylation is 1. The number of aromatic amines is 1. The second-order valence-corrected chi connectivity index (χ2v) is 5.55. The molecule has 0 fully saturated rings. The average molecular weight is 275 g/mol. The zero-order chi connectivity index (χ0) is 14.7. The summed E-state index contributed by atoms with van der Waals surface area (Å²) in [5, 5.41) is 1.27. The first-order chi connectivity index (χ1) is 10.3. The van der Waals surface area contributed by atoms with Gasteiger partial charge in [-0.1, -0.05) is 50.3 Å². The lowest BCUT2D eigenvalue weighted by Gasteiger charge is -2.10. The number of benzene rings is 2. The summed E-state index contributed by atoms with van der Waals surface area (Å²) in [5.41, 5.74) is 6.56. The van der Waals surface area contributed by atoms with Gasteiger partial charge < -0.3 is 4.98 Å². The van der Waals surface area contributed by atoms with Crippen molar-refractivity contribution in [3.63, 3.8) is 0 Å². The van der Waals surface area contributed by atoms with Crippen LogP contribution in [0.2, 0.25) is 0 Å². The van der Waals surface area contributed by atoms with Crippen molar-refractivity contribution < 1.29 is 0 Å². The Morgan fingerprint density at radius 3 is 2.57 bits per heavy atom. The molecular weight excluding hydrogens is 254 g/mol. The number of H-pyrrole nitrogens is 1. The van der Waals surface area contributed by atoms with Crippen LogP contribution in [0.3, 0.4) is 0 Å². The summed E-state index contributed by atoms with van der Waals surface area (Å²) in [7, 11) is 0. The number of aromatic nitrogens is 1. The zero-order valence-corrected chi connectivity index (χ0v) is 12.5. The van der Waals surface area contributed by atoms with E-state index >= 15 is 0 Å². The molecule has 0 saturated heterocycles. The second kappa shape index (κ2) is 6.01. The highest BCUT2D eigenvalue weighted by Crippen LogP contribution is 2.24. The highest BCUT2D eigenvalue weighted by Gasteiger charge is 2.07. The smallest absolute Gasteiger partial charge is 0.0461 e. The summed E-state index contributed by atoms with van der Waals surface area (Å²) >= 11 is 0. The number of fused-ring (bicyclic) bond motifs is 1. The van der Waals surface area contributed by atoms with Crippen LogP contribution in [0.25, 0.3) is 17.0 Å². The topological polar surface area (TPSA) is 15.8 Å². The molecule has 1 nitrogen and oxygen atoms in total. The molecule has 0 aliphatic heterocycles. The first-order valence-electron chi connectivity index (χ1n) is 7.61. The van der Waals surface area contributed by atoms with Crippen molar-refractivity contribution in [2.45, 2.75) is 26.2 Å². The standard InChI is InChI=1S/C20H21N/c1-3-8-16-14-20-18(13-19(4-2)21-20)12-17(16)11-15-9-6-5-7-10-15/h4-7,9-10,12-14,21H,2-3,8,11H2,1H3. The molecule has 21 heavy (non-hydrogen) atoms. The van der Waals surface area contributed by atoms with E-state index in [4.69, 9.17) is 0 Å². The van der Waals surface area contributed by atoms with Gasteiger partial charge in [-0.2, -0.15) is 0 Å². The van der Waals surface area contributed by atoms with E-state index in [1.165, 1.54) is 34.0 Å². The maximum atomic E-state index is 3.84. The minimum absolute atomic E-state index is 1.00. The van der Waals surface area contributed by atoms with Gasteiger partial charge in [-0.25, -0.2) is 0 Å². The molecule has 1 heteroatoms. The predicted octanol–water partition coefficient (Wildman–Crippen LogP) is 5.35. The van der Waals surface area contributed by atoms with Gasteiger partial charge in [0.05, 0.1) is 0 Å². The van der Waals surface area contributed by atoms with Crippen LogP contribution in [-0.4, -0.2) is 4.98 Å². The Hall–Kier alpha value is -2.28. The van der Waals surface area contributed by atoms with Gasteiger partial charge in [0.1, 0.15) is 0 Å². The molecule has 0 atom stereocenters. The quantitative estimate of drug-likeness (QED) is 0.645. The van der Waals surface area contributed by atoms with Gasteiger partial charge in [-0.15, -0.1) is 0 Å². The molecule has 0 saturated carbocycles. The van der Waals surface area contributed by atoms with Crippen LogP contribution in [0, 0.1) is 0 Å². The Balaban J connectivity index is 2.05. The molecule has 0 radical (unpaired) electrons. The van der Waals surface area contributed by atoms with E-state index in [2.05, 4.69) is 67.0 Å². The van der Waals surface area contributed by atoms with Gasteiger partial charge in [0.2, 0.25) is 0 Å². The van der Waals surface area contributed by atoms with Crippen LogP contribution >= 0.6 is 0 Å². The monoisotopic (exact) mass is 275 g/mol. The van der Waals surface area contributed by atoms with Crippen LogP contribution in [0.15, 0.2) is 55.1 Å². The molecular formula is C20H21N. The van der Waals surface area contributed by atoms with Gasteiger partial charge in [-0.05, 0) is 53.8 Å². The number of hydrogen-bond acceptors (Lipinski definition) is 0. The zero-order valence-electron chi connectivity index (χ0n) is 12.5. The summed E-state index contributed by atoms with van der Waals surface area (Å²) in [4.78, 5) is 3.42. The van der Waals surface area contributed by atoms with Crippen molar-refractivity contribution in [2.24, 2.45) is 0 Å². The third-order valence-corrected chi connectivity index (χ3v) is 3.94. The van der Waals surface area contributed by atoms with E-state index in [0.29, 0.717) is 0 Å². The molecule has 1 heterocycles. The van der Waals surface area contributed by atoms with Crippen LogP contribution in [-0.2, 0) is 12.8 Å². The van der Waals surface area contributed by atoms with Gasteiger partial charge >= 0.3 is 0 Å². The lowest BCUT2D eigenvalue weighted by Crippen LogP contribution is -1.96. The normalized spacial score (nSPS) is 10.9. The maximum absolute atomic E-state index is 3.84. The molecule has 2 aromatic carbocycles. The Morgan fingerprint density at radius 1 is 1.05 bits per heavy atom. The fourth-order valence-electron chi connectivity index (χ4n) is 2.89. The van der Waals surface area contributed by atoms with Gasteiger partial charge in [-0.3, -0.25) is 0 Å². The van der Waals surface area contributed by atoms with Gasteiger partial charge in [0, 0.05) is 16.6 Å². The summed E-state index contributed by atoms with van der Waals surface area (Å²) in [6.45, 7) is 6.08. The first kappa shape index (κ1) is 13.7. The van der Waals surface area contributed by atoms with Crippen LogP contribution in [0.4, 0.5) is 0 Å². The molecule has 0 unspecified atom stereocenters. The molecule has 0 bridgehead atoms. The summed E-state index contributed by atoms with van der Waals surface area (Å²) in [6, 6.07) is 17.5. The Bertz CT molecular complexity index is 750. The lowest BCUT2D eigenvalue weighted by molar-refractivity contribution is 0.906. The molecule has 0 aliphatic rings. The minimum atomic E-state index is 1.00. The second-order valence-electron chi connectivity index (χ2n) is 5.55. The van der Waals surface area contributed by atoms with E-state index in [1.807, 2.05) is 6.08 Å². The van der Waals surface area contributed by atoms with Crippen LogP contribution < -0.4 is 0 Å². The van der Waals surface area contributed by atoms with Crippen molar-refractivity contribution in [3.05, 3.63) is 77.5 Å². The Kier molecular flexibility index (Phi) is 3.92. The molecule has 0 aliphatic carbocycles. The average Bonchev–Trinajstić information content (AvgIpc) is 2.91. The van der Waals surface area contributed by atoms with Crippen LogP contribution in [0.5, 0.6) is 0 Å². The van der Waals surface area contributed by atoms with E-state index in [9.17, 15) is 0 Å². The number of rotatable bonds is 5. The Labute approximate surface area is 126 Å². The maximum Gasteiger partial charge on any atom is 0.0461 e. The predicted molar refractivity (Wildman–Crippen MR) is 91.6 cm³/mol. The number of nitrogens with one attached hydrogen (secondary N) is 1. The molecule has 1 N–H and O–H groups in total. The molecule has 1 aromatic heterocycles. The Morgan fingerprint density at radius 2 is 1.86 bits per heavy atom. The summed E-state index contributed by atoms with van der Waals surface area (Å²) in [5.74, 6) is 0. The third kappa shape index (κ3) is 2.92.